The topological polar surface area (TPSA) is 55.4 Å². The van der Waals surface area contributed by atoms with Crippen molar-refractivity contribution in [3.63, 3.8) is 0 Å². The highest BCUT2D eigenvalue weighted by Gasteiger charge is 2.23. The summed E-state index contributed by atoms with van der Waals surface area (Å²) in [5.74, 6) is -0.665. The van der Waals surface area contributed by atoms with Crippen LogP contribution in [-0.4, -0.2) is 29.9 Å². The first kappa shape index (κ1) is 20.3. The number of amides is 1. The van der Waals surface area contributed by atoms with Crippen LogP contribution in [0, 0.1) is 5.82 Å². The predicted molar refractivity (Wildman–Crippen MR) is 102 cm³/mol. The lowest BCUT2D eigenvalue weighted by molar-refractivity contribution is -0.147. The van der Waals surface area contributed by atoms with E-state index >= 15 is 0 Å². The molecule has 0 spiro atoms. The quantitative estimate of drug-likeness (QED) is 0.684. The van der Waals surface area contributed by atoms with Crippen LogP contribution in [0.25, 0.3) is 0 Å². The van der Waals surface area contributed by atoms with Crippen LogP contribution in [0.4, 0.5) is 4.39 Å². The van der Waals surface area contributed by atoms with E-state index in [0.717, 1.165) is 6.07 Å². The van der Waals surface area contributed by atoms with Gasteiger partial charge in [-0.05, 0) is 42.7 Å². The summed E-state index contributed by atoms with van der Waals surface area (Å²) in [6, 6.07) is 11.8. The molecule has 0 aromatic heterocycles. The van der Waals surface area contributed by atoms with Gasteiger partial charge >= 0.3 is 5.97 Å². The van der Waals surface area contributed by atoms with E-state index in [1.165, 1.54) is 12.1 Å². The Morgan fingerprint density at radius 2 is 1.96 bits per heavy atom. The lowest BCUT2D eigenvalue weighted by Gasteiger charge is -2.17. The maximum absolute atomic E-state index is 13.1. The van der Waals surface area contributed by atoms with Crippen molar-refractivity contribution in [2.75, 3.05) is 12.0 Å². The average molecular weight is 396 g/mol. The molecule has 26 heavy (non-hydrogen) atoms. The second-order valence-electron chi connectivity index (χ2n) is 5.52. The van der Waals surface area contributed by atoms with Gasteiger partial charge in [-0.15, -0.1) is 0 Å². The molecule has 138 valence electrons. The number of carbonyl (C=O) groups is 2. The molecule has 0 bridgehead atoms. The van der Waals surface area contributed by atoms with Gasteiger partial charge in [-0.3, -0.25) is 4.79 Å². The molecule has 0 saturated carbocycles. The van der Waals surface area contributed by atoms with E-state index in [4.69, 9.17) is 16.3 Å². The molecule has 2 rings (SSSR count). The number of carbonyl (C=O) groups excluding carboxylic acids is 2. The highest BCUT2D eigenvalue weighted by Crippen LogP contribution is 2.18. The van der Waals surface area contributed by atoms with Crippen molar-refractivity contribution in [1.29, 1.82) is 0 Å². The van der Waals surface area contributed by atoms with Gasteiger partial charge in [0.1, 0.15) is 18.5 Å². The van der Waals surface area contributed by atoms with Crippen molar-refractivity contribution in [2.24, 2.45) is 0 Å². The standard InChI is InChI=1S/C19H19ClFNO3S/c1-26-10-9-17(22-18(23)13-5-3-2-4-6-13)19(24)25-12-14-7-8-15(21)11-16(14)20/h2-8,11,17H,9-10,12H2,1H3,(H,22,23). The van der Waals surface area contributed by atoms with Gasteiger partial charge in [0.05, 0.1) is 5.02 Å². The number of rotatable bonds is 8. The van der Waals surface area contributed by atoms with E-state index in [1.807, 2.05) is 12.3 Å². The van der Waals surface area contributed by atoms with Crippen molar-refractivity contribution >= 4 is 35.2 Å². The summed E-state index contributed by atoms with van der Waals surface area (Å²) in [5.41, 5.74) is 0.968. The number of esters is 1. The molecule has 0 radical (unpaired) electrons. The van der Waals surface area contributed by atoms with E-state index in [9.17, 15) is 14.0 Å². The fourth-order valence-electron chi connectivity index (χ4n) is 2.20. The third kappa shape index (κ3) is 6.04. The Labute approximate surface area is 161 Å². The van der Waals surface area contributed by atoms with Gasteiger partial charge in [-0.25, -0.2) is 9.18 Å². The number of thioether (sulfide) groups is 1. The smallest absolute Gasteiger partial charge is 0.329 e. The zero-order chi connectivity index (χ0) is 18.9. The zero-order valence-corrected chi connectivity index (χ0v) is 15.8. The van der Waals surface area contributed by atoms with Crippen LogP contribution in [0.5, 0.6) is 0 Å². The number of hydrogen-bond acceptors (Lipinski definition) is 4. The lowest BCUT2D eigenvalue weighted by Crippen LogP contribution is -2.42. The van der Waals surface area contributed by atoms with Crippen LogP contribution >= 0.6 is 23.4 Å². The zero-order valence-electron chi connectivity index (χ0n) is 14.2. The highest BCUT2D eigenvalue weighted by molar-refractivity contribution is 7.98. The molecule has 1 N–H and O–H groups in total. The molecule has 0 aliphatic rings. The SMILES string of the molecule is CSCCC(NC(=O)c1ccccc1)C(=O)OCc1ccc(F)cc1Cl. The van der Waals surface area contributed by atoms with Gasteiger partial charge in [0.2, 0.25) is 0 Å². The largest absolute Gasteiger partial charge is 0.459 e. The number of hydrogen-bond donors (Lipinski definition) is 1. The van der Waals surface area contributed by atoms with Crippen molar-refractivity contribution in [1.82, 2.24) is 5.32 Å². The molecule has 1 amide bonds. The summed E-state index contributed by atoms with van der Waals surface area (Å²) in [5, 5.41) is 2.89. The van der Waals surface area contributed by atoms with Crippen LogP contribution in [0.3, 0.4) is 0 Å². The Morgan fingerprint density at radius 3 is 2.62 bits per heavy atom. The number of benzene rings is 2. The Balaban J connectivity index is 2.00. The molecule has 1 atom stereocenters. The molecule has 2 aromatic rings. The Bertz CT molecular complexity index is 758. The van der Waals surface area contributed by atoms with Gasteiger partial charge in [-0.2, -0.15) is 11.8 Å². The minimum atomic E-state index is -0.769. The molecule has 4 nitrogen and oxygen atoms in total. The van der Waals surface area contributed by atoms with Crippen molar-refractivity contribution in [3.05, 3.63) is 70.5 Å². The minimum Gasteiger partial charge on any atom is -0.459 e. The lowest BCUT2D eigenvalue weighted by atomic mass is 10.1. The fourth-order valence-corrected chi connectivity index (χ4v) is 2.90. The second-order valence-corrected chi connectivity index (χ2v) is 6.91. The Morgan fingerprint density at radius 1 is 1.23 bits per heavy atom. The molecule has 7 heteroatoms. The van der Waals surface area contributed by atoms with E-state index in [-0.39, 0.29) is 17.5 Å². The summed E-state index contributed by atoms with van der Waals surface area (Å²) in [6.45, 7) is -0.0884. The summed E-state index contributed by atoms with van der Waals surface area (Å²) < 4.78 is 18.4. The first-order valence-corrected chi connectivity index (χ1v) is 9.74. The highest BCUT2D eigenvalue weighted by atomic mass is 35.5. The van der Waals surface area contributed by atoms with Crippen LogP contribution in [0.2, 0.25) is 5.02 Å². The van der Waals surface area contributed by atoms with Crippen LogP contribution in [0.15, 0.2) is 48.5 Å². The van der Waals surface area contributed by atoms with Crippen LogP contribution in [0.1, 0.15) is 22.3 Å². The molecular formula is C19H19ClFNO3S. The van der Waals surface area contributed by atoms with Crippen LogP contribution < -0.4 is 5.32 Å². The summed E-state index contributed by atoms with van der Waals surface area (Å²) in [7, 11) is 0. The summed E-state index contributed by atoms with van der Waals surface area (Å²) >= 11 is 7.50. The number of ether oxygens (including phenoxy) is 1. The third-order valence-electron chi connectivity index (χ3n) is 3.62. The van der Waals surface area contributed by atoms with E-state index in [0.29, 0.717) is 23.3 Å². The fraction of sp³-hybridized carbons (Fsp3) is 0.263. The normalized spacial score (nSPS) is 11.7. The summed E-state index contributed by atoms with van der Waals surface area (Å²) in [4.78, 5) is 24.7. The third-order valence-corrected chi connectivity index (χ3v) is 4.62. The van der Waals surface area contributed by atoms with Crippen LogP contribution in [-0.2, 0) is 16.1 Å². The first-order chi connectivity index (χ1) is 12.5. The number of nitrogens with one attached hydrogen (secondary N) is 1. The Hall–Kier alpha value is -2.05. The van der Waals surface area contributed by atoms with E-state index in [1.54, 1.807) is 36.0 Å². The van der Waals surface area contributed by atoms with Gasteiger partial charge in [0.25, 0.3) is 5.91 Å². The van der Waals surface area contributed by atoms with Crippen molar-refractivity contribution < 1.29 is 18.7 Å². The average Bonchev–Trinajstić information content (AvgIpc) is 2.64. The van der Waals surface area contributed by atoms with E-state index in [2.05, 4.69) is 5.32 Å². The van der Waals surface area contributed by atoms with Gasteiger partial charge in [-0.1, -0.05) is 35.9 Å². The minimum absolute atomic E-state index is 0.0884. The van der Waals surface area contributed by atoms with Crippen molar-refractivity contribution in [3.8, 4) is 0 Å². The second kappa shape index (κ2) is 10.2. The maximum Gasteiger partial charge on any atom is 0.329 e. The van der Waals surface area contributed by atoms with Gasteiger partial charge in [0.15, 0.2) is 0 Å². The van der Waals surface area contributed by atoms with Gasteiger partial charge < -0.3 is 10.1 Å². The Kier molecular flexibility index (Phi) is 7.94. The van der Waals surface area contributed by atoms with Gasteiger partial charge in [0, 0.05) is 11.1 Å². The summed E-state index contributed by atoms with van der Waals surface area (Å²) in [6.07, 6.45) is 2.36. The molecule has 2 aromatic carbocycles. The maximum atomic E-state index is 13.1. The molecule has 0 heterocycles. The van der Waals surface area contributed by atoms with Crippen molar-refractivity contribution in [2.45, 2.75) is 19.1 Å². The first-order valence-electron chi connectivity index (χ1n) is 7.96. The predicted octanol–water partition coefficient (Wildman–Crippen LogP) is 4.07. The molecule has 0 saturated heterocycles. The molecule has 1 unspecified atom stereocenters. The molecular weight excluding hydrogens is 377 g/mol. The van der Waals surface area contributed by atoms with E-state index < -0.39 is 17.8 Å². The number of halogens is 2. The monoisotopic (exact) mass is 395 g/mol. The molecule has 0 aliphatic heterocycles. The molecule has 0 aliphatic carbocycles. The molecule has 0 fully saturated rings.